The molecular formula is C106H70. The lowest BCUT2D eigenvalue weighted by Gasteiger charge is -2.13. The van der Waals surface area contributed by atoms with Crippen molar-refractivity contribution in [3.8, 4) is 0 Å². The lowest BCUT2D eigenvalue weighted by molar-refractivity contribution is 1.76. The van der Waals surface area contributed by atoms with Crippen LogP contribution < -0.4 is 0 Å². The van der Waals surface area contributed by atoms with E-state index in [0.717, 1.165) is 0 Å². The first-order valence-corrected chi connectivity index (χ1v) is 36.7. The Morgan fingerprint density at radius 1 is 0.0755 bits per heavy atom. The summed E-state index contributed by atoms with van der Waals surface area (Å²) >= 11 is 0. The summed E-state index contributed by atoms with van der Waals surface area (Å²) in [7, 11) is 0. The monoisotopic (exact) mass is 1340 g/mol. The van der Waals surface area contributed by atoms with E-state index in [9.17, 15) is 0 Å². The normalized spacial score (nSPS) is 11.4. The number of hydrogen-bond donors (Lipinski definition) is 0. The first-order chi connectivity index (χ1) is 52.6. The van der Waals surface area contributed by atoms with Gasteiger partial charge in [0.05, 0.1) is 0 Å². The number of benzene rings is 24. The van der Waals surface area contributed by atoms with Crippen LogP contribution in [0.3, 0.4) is 0 Å². The third-order valence-corrected chi connectivity index (χ3v) is 21.5. The third-order valence-electron chi connectivity index (χ3n) is 21.5. The highest BCUT2D eigenvalue weighted by Crippen LogP contribution is 2.41. The highest BCUT2D eigenvalue weighted by atomic mass is 14.2. The van der Waals surface area contributed by atoms with E-state index in [-0.39, 0.29) is 0 Å². The molecule has 24 rings (SSSR count). The average molecular weight is 1340 g/mol. The number of hydrogen-bond acceptors (Lipinski definition) is 0. The largest absolute Gasteiger partial charge is 0.0616 e. The molecule has 0 bridgehead atoms. The van der Waals surface area contributed by atoms with Gasteiger partial charge in [-0.1, -0.05) is 376 Å². The maximum absolute atomic E-state index is 2.30. The zero-order valence-electron chi connectivity index (χ0n) is 58.4. The van der Waals surface area contributed by atoms with Crippen molar-refractivity contribution in [2.45, 2.75) is 0 Å². The van der Waals surface area contributed by atoms with Crippen molar-refractivity contribution in [2.75, 3.05) is 0 Å². The van der Waals surface area contributed by atoms with E-state index < -0.39 is 0 Å². The lowest BCUT2D eigenvalue weighted by Crippen LogP contribution is -1.85. The standard InChI is InChI=1S/C20H12.4C18H12.C14H10/c1-5-13-6-2-11-17-18-12-4-8-14-7-3-10-16(20(14)18)15(9-1)19(13)17;1-3-7-15-13(5-1)9-11-18-16-8-4-2-6-14(16)10-12-17(15)18;1-2-8-14-13(7-1)15-9-3-4-11-17(15)18-12-6-5-10-16(14)18;1-2-7-15-12-18-16(11-14(15)6-1)10-9-13-5-3-4-8-17(13)18;1-2-6-14-10-18-12-16-8-4-3-7-15(16)11-17(18)9-13(14)5-1;1-2-6-12-10-14-8-4-3-7-13(14)9-11(12)5-1/h1-12H;4*1-12H;1-10H. The van der Waals surface area contributed by atoms with Crippen LogP contribution in [0.5, 0.6) is 0 Å². The van der Waals surface area contributed by atoms with Crippen LogP contribution >= 0.6 is 0 Å². The van der Waals surface area contributed by atoms with Crippen molar-refractivity contribution < 1.29 is 0 Å². The third kappa shape index (κ3) is 11.8. The average Bonchev–Trinajstić information content (AvgIpc) is 0.740. The summed E-state index contributed by atoms with van der Waals surface area (Å²) in [5.41, 5.74) is 0. The molecular weight excluding hydrogens is 1270 g/mol. The van der Waals surface area contributed by atoms with E-state index in [1.807, 2.05) is 0 Å². The molecule has 24 aromatic carbocycles. The summed E-state index contributed by atoms with van der Waals surface area (Å²) in [5, 5.41) is 47.9. The van der Waals surface area contributed by atoms with Gasteiger partial charge in [0.25, 0.3) is 0 Å². The SMILES string of the molecule is c1cc2cccc3c4cccc5cccc(c(c1)c23)c54.c1ccc2c(c1)c1ccccc1c1ccccc21.c1ccc2c(c1)ccc1c3ccccc3ccc21.c1ccc2cc3c(ccc4ccccc43)cc2c1.c1ccc2cc3cc4ccccc4cc3cc2c1.c1ccc2cc3ccccc3cc2c1. The summed E-state index contributed by atoms with van der Waals surface area (Å²) in [5.74, 6) is 0. The fourth-order valence-corrected chi connectivity index (χ4v) is 16.4. The molecule has 24 aromatic rings. The van der Waals surface area contributed by atoms with Crippen LogP contribution in [0, 0.1) is 0 Å². The molecule has 0 aliphatic rings. The van der Waals surface area contributed by atoms with Gasteiger partial charge in [0.15, 0.2) is 0 Å². The molecule has 0 spiro atoms. The van der Waals surface area contributed by atoms with Gasteiger partial charge in [-0.2, -0.15) is 0 Å². The van der Waals surface area contributed by atoms with Crippen molar-refractivity contribution in [1.82, 2.24) is 0 Å². The molecule has 0 aliphatic heterocycles. The molecule has 106 heavy (non-hydrogen) atoms. The Morgan fingerprint density at radius 3 is 0.528 bits per heavy atom. The first-order valence-electron chi connectivity index (χ1n) is 36.7. The summed E-state index contributed by atoms with van der Waals surface area (Å²) in [4.78, 5) is 0. The Labute approximate surface area is 614 Å². The van der Waals surface area contributed by atoms with Crippen molar-refractivity contribution in [2.24, 2.45) is 0 Å². The Balaban J connectivity index is 0.0000000873. The molecule has 0 N–H and O–H groups in total. The second-order valence-corrected chi connectivity index (χ2v) is 27.7. The lowest BCUT2D eigenvalue weighted by atomic mass is 9.90. The van der Waals surface area contributed by atoms with Gasteiger partial charge in [-0.05, 0) is 242 Å². The van der Waals surface area contributed by atoms with Crippen molar-refractivity contribution >= 4 is 194 Å². The van der Waals surface area contributed by atoms with Gasteiger partial charge in [-0.15, -0.1) is 0 Å². The zero-order valence-corrected chi connectivity index (χ0v) is 58.4. The first kappa shape index (κ1) is 63.2. The minimum absolute atomic E-state index is 1.31. The van der Waals surface area contributed by atoms with Gasteiger partial charge in [-0.25, -0.2) is 0 Å². The topological polar surface area (TPSA) is 0 Å². The quantitative estimate of drug-likeness (QED) is 0.105. The minimum Gasteiger partial charge on any atom is -0.0616 e. The summed E-state index contributed by atoms with van der Waals surface area (Å²) in [6.45, 7) is 0. The number of rotatable bonds is 0. The number of fused-ring (bicyclic) bond motifs is 22. The van der Waals surface area contributed by atoms with Crippen LogP contribution in [0.25, 0.3) is 194 Å². The Morgan fingerprint density at radius 2 is 0.245 bits per heavy atom. The summed E-state index contributed by atoms with van der Waals surface area (Å²) < 4.78 is 0. The van der Waals surface area contributed by atoms with Crippen LogP contribution in [0.2, 0.25) is 0 Å². The molecule has 0 heteroatoms. The fraction of sp³-hybridized carbons (Fsp3) is 0. The molecule has 0 aliphatic carbocycles. The molecule has 0 atom stereocenters. The van der Waals surface area contributed by atoms with Gasteiger partial charge in [0.1, 0.15) is 0 Å². The van der Waals surface area contributed by atoms with E-state index in [0.29, 0.717) is 0 Å². The molecule has 0 saturated heterocycles. The van der Waals surface area contributed by atoms with Crippen LogP contribution in [-0.4, -0.2) is 0 Å². The summed E-state index contributed by atoms with van der Waals surface area (Å²) in [6.07, 6.45) is 0. The molecule has 494 valence electrons. The van der Waals surface area contributed by atoms with Crippen molar-refractivity contribution in [1.29, 1.82) is 0 Å². The molecule has 0 nitrogen and oxygen atoms in total. The highest BCUT2D eigenvalue weighted by molar-refractivity contribution is 6.33. The van der Waals surface area contributed by atoms with Crippen LogP contribution in [0.15, 0.2) is 425 Å². The summed E-state index contributed by atoms with van der Waals surface area (Å²) in [6, 6.07) is 152. The second kappa shape index (κ2) is 27.5. The molecule has 0 radical (unpaired) electrons. The smallest absolute Gasteiger partial charge is 0.00264 e. The van der Waals surface area contributed by atoms with Gasteiger partial charge in [0, 0.05) is 0 Å². The molecule has 0 aromatic heterocycles. The predicted molar refractivity (Wildman–Crippen MR) is 465 cm³/mol. The van der Waals surface area contributed by atoms with E-state index in [4.69, 9.17) is 0 Å². The Hall–Kier alpha value is -13.8. The van der Waals surface area contributed by atoms with Gasteiger partial charge in [-0.3, -0.25) is 0 Å². The molecule has 0 unspecified atom stereocenters. The molecule has 0 amide bonds. The molecule has 0 saturated carbocycles. The van der Waals surface area contributed by atoms with Crippen LogP contribution in [0.1, 0.15) is 0 Å². The minimum atomic E-state index is 1.31. The van der Waals surface area contributed by atoms with E-state index in [1.165, 1.54) is 194 Å². The van der Waals surface area contributed by atoms with Crippen LogP contribution in [-0.2, 0) is 0 Å². The van der Waals surface area contributed by atoms with E-state index in [1.54, 1.807) is 0 Å². The van der Waals surface area contributed by atoms with Gasteiger partial charge in [0.2, 0.25) is 0 Å². The highest BCUT2D eigenvalue weighted by Gasteiger charge is 2.13. The van der Waals surface area contributed by atoms with Crippen LogP contribution in [0.4, 0.5) is 0 Å². The molecule has 0 fully saturated rings. The Bertz CT molecular complexity index is 6640. The zero-order chi connectivity index (χ0) is 70.3. The molecule has 0 heterocycles. The van der Waals surface area contributed by atoms with Gasteiger partial charge < -0.3 is 0 Å². The van der Waals surface area contributed by atoms with Crippen molar-refractivity contribution in [3.05, 3.63) is 425 Å². The maximum Gasteiger partial charge on any atom is -0.00264 e. The van der Waals surface area contributed by atoms with E-state index in [2.05, 4.69) is 425 Å². The van der Waals surface area contributed by atoms with E-state index >= 15 is 0 Å². The predicted octanol–water partition coefficient (Wildman–Crippen LogP) is 30.3. The van der Waals surface area contributed by atoms with Crippen molar-refractivity contribution in [3.63, 3.8) is 0 Å². The Kier molecular flexibility index (Phi) is 16.4. The second-order valence-electron chi connectivity index (χ2n) is 27.7. The maximum atomic E-state index is 2.30. The van der Waals surface area contributed by atoms with Gasteiger partial charge >= 0.3 is 0 Å². The fourth-order valence-electron chi connectivity index (χ4n) is 16.4.